The van der Waals surface area contributed by atoms with Gasteiger partial charge in [0, 0.05) is 79.4 Å². The average Bonchev–Trinajstić information content (AvgIpc) is 3.43. The second-order valence-corrected chi connectivity index (χ2v) is 11.8. The second-order valence-electron chi connectivity index (χ2n) is 10.8. The highest BCUT2D eigenvalue weighted by Crippen LogP contribution is 2.27. The first kappa shape index (κ1) is 29.0. The number of benzene rings is 3. The molecule has 1 aliphatic heterocycles. The lowest BCUT2D eigenvalue weighted by molar-refractivity contribution is 0.0695. The summed E-state index contributed by atoms with van der Waals surface area (Å²) in [7, 11) is 0. The van der Waals surface area contributed by atoms with E-state index in [4.69, 9.17) is 0 Å². The van der Waals surface area contributed by atoms with Gasteiger partial charge in [0.15, 0.2) is 0 Å². The maximum atomic E-state index is 15.2. The summed E-state index contributed by atoms with van der Waals surface area (Å²) in [5, 5.41) is 10.8. The molecule has 10 heteroatoms. The Bertz CT molecular complexity index is 1830. The quantitative estimate of drug-likeness (QED) is 0.144. The number of hydrogen-bond donors (Lipinski definition) is 3. The molecule has 6 rings (SSSR count). The smallest absolute Gasteiger partial charge is 0.341 e. The van der Waals surface area contributed by atoms with Crippen LogP contribution in [0.3, 0.4) is 0 Å². The van der Waals surface area contributed by atoms with Crippen LogP contribution in [0.25, 0.3) is 21.8 Å². The van der Waals surface area contributed by atoms with Crippen LogP contribution >= 0.6 is 11.9 Å². The molecule has 2 aromatic heterocycles. The van der Waals surface area contributed by atoms with E-state index in [1.54, 1.807) is 22.6 Å². The van der Waals surface area contributed by atoms with Gasteiger partial charge >= 0.3 is 5.97 Å². The van der Waals surface area contributed by atoms with E-state index in [0.717, 1.165) is 32.6 Å². The monoisotopic (exact) mass is 599 g/mol. The van der Waals surface area contributed by atoms with Crippen molar-refractivity contribution in [2.24, 2.45) is 0 Å². The minimum absolute atomic E-state index is 0.0905. The number of aryl methyl sites for hydroxylation is 1. The summed E-state index contributed by atoms with van der Waals surface area (Å²) in [6.45, 7) is 6.89. The number of carboxylic acid groups (broad SMARTS) is 1. The number of nitrogens with zero attached hydrogens (tertiary/aromatic N) is 3. The van der Waals surface area contributed by atoms with Crippen LogP contribution < -0.4 is 15.1 Å². The van der Waals surface area contributed by atoms with Gasteiger partial charge < -0.3 is 19.6 Å². The number of fused-ring (bicyclic) bond motifs is 2. The molecule has 1 saturated heterocycles. The number of para-hydroxylation sites is 1. The highest BCUT2D eigenvalue weighted by Gasteiger charge is 2.22. The molecular weight excluding hydrogens is 565 g/mol. The number of hydrogen-bond acceptors (Lipinski definition) is 6. The zero-order valence-corrected chi connectivity index (χ0v) is 24.8. The molecule has 8 nitrogen and oxygen atoms in total. The lowest BCUT2D eigenvalue weighted by Gasteiger charge is -2.36. The molecule has 222 valence electrons. The Labute approximate surface area is 253 Å². The third-order valence-corrected chi connectivity index (χ3v) is 8.98. The summed E-state index contributed by atoms with van der Waals surface area (Å²) in [5.41, 5.74) is 3.70. The summed E-state index contributed by atoms with van der Waals surface area (Å²) in [4.78, 5) is 33.0. The molecule has 3 heterocycles. The number of nitrogens with one attached hydrogen (secondary N) is 2. The Kier molecular flexibility index (Phi) is 8.51. The Balaban J connectivity index is 1.02. The lowest BCUT2D eigenvalue weighted by atomic mass is 10.1. The molecular formula is C33H34FN5O3S. The molecule has 3 aromatic carbocycles. The average molecular weight is 600 g/mol. The Morgan fingerprint density at radius 1 is 1.05 bits per heavy atom. The van der Waals surface area contributed by atoms with Crippen molar-refractivity contribution in [3.63, 3.8) is 0 Å². The van der Waals surface area contributed by atoms with Crippen molar-refractivity contribution in [1.82, 2.24) is 19.2 Å². The molecule has 0 atom stereocenters. The summed E-state index contributed by atoms with van der Waals surface area (Å²) >= 11 is 1.64. The van der Waals surface area contributed by atoms with Gasteiger partial charge in [-0.2, -0.15) is 0 Å². The molecule has 1 fully saturated rings. The molecule has 3 N–H and O–H groups in total. The number of rotatable bonds is 10. The molecule has 0 amide bonds. The van der Waals surface area contributed by atoms with Crippen LogP contribution in [0.1, 0.15) is 28.4 Å². The van der Waals surface area contributed by atoms with E-state index in [2.05, 4.69) is 63.3 Å². The van der Waals surface area contributed by atoms with Crippen molar-refractivity contribution in [1.29, 1.82) is 0 Å². The van der Waals surface area contributed by atoms with Crippen molar-refractivity contribution in [2.75, 3.05) is 37.6 Å². The Morgan fingerprint density at radius 2 is 1.81 bits per heavy atom. The van der Waals surface area contributed by atoms with Crippen LogP contribution in [0.4, 0.5) is 10.1 Å². The lowest BCUT2D eigenvalue weighted by Crippen LogP contribution is -2.46. The highest BCUT2D eigenvalue weighted by atomic mass is 32.2. The van der Waals surface area contributed by atoms with Crippen LogP contribution in [0.2, 0.25) is 0 Å². The van der Waals surface area contributed by atoms with Gasteiger partial charge in [-0.25, -0.2) is 9.18 Å². The van der Waals surface area contributed by atoms with Crippen LogP contribution in [0.5, 0.6) is 0 Å². The largest absolute Gasteiger partial charge is 0.477 e. The zero-order chi connectivity index (χ0) is 29.9. The minimum atomic E-state index is -1.31. The number of aromatic nitrogens is 2. The highest BCUT2D eigenvalue weighted by molar-refractivity contribution is 7.97. The van der Waals surface area contributed by atoms with E-state index in [1.165, 1.54) is 39.2 Å². The number of piperazine rings is 1. The number of halogens is 1. The van der Waals surface area contributed by atoms with Gasteiger partial charge in [0.2, 0.25) is 5.43 Å². The van der Waals surface area contributed by atoms with Crippen molar-refractivity contribution in [2.45, 2.75) is 31.3 Å². The second kappa shape index (κ2) is 12.6. The normalized spacial score (nSPS) is 14.1. The van der Waals surface area contributed by atoms with E-state index in [9.17, 15) is 14.7 Å². The van der Waals surface area contributed by atoms with Crippen molar-refractivity contribution < 1.29 is 14.3 Å². The van der Waals surface area contributed by atoms with Gasteiger partial charge in [-0.1, -0.05) is 30.3 Å². The molecule has 1 aliphatic rings. The first-order chi connectivity index (χ1) is 20.9. The fourth-order valence-corrected chi connectivity index (χ4v) is 6.43. The van der Waals surface area contributed by atoms with E-state index in [1.807, 2.05) is 17.9 Å². The molecule has 5 aromatic rings. The molecule has 0 bridgehead atoms. The van der Waals surface area contributed by atoms with Gasteiger partial charge in [0.05, 0.1) is 11.2 Å². The summed E-state index contributed by atoms with van der Waals surface area (Å²) in [6, 6.07) is 19.8. The minimum Gasteiger partial charge on any atom is -0.477 e. The van der Waals surface area contributed by atoms with Crippen molar-refractivity contribution in [3.05, 3.63) is 106 Å². The molecule has 0 saturated carbocycles. The first-order valence-electron chi connectivity index (χ1n) is 14.5. The first-order valence-corrected chi connectivity index (χ1v) is 15.3. The van der Waals surface area contributed by atoms with Crippen LogP contribution in [0.15, 0.2) is 82.7 Å². The van der Waals surface area contributed by atoms with Crippen molar-refractivity contribution in [3.8, 4) is 0 Å². The molecule has 0 unspecified atom stereocenters. The fraction of sp³-hybridized carbons (Fsp3) is 0.273. The SMILES string of the molecule is CCn1cc(C(=O)O)c(=O)c2cc(F)c(N3CCN(Cc4ccc(SNCCc5c[nH]c6ccccc56)cc4)CC3)cc21. The van der Waals surface area contributed by atoms with Crippen LogP contribution in [-0.4, -0.2) is 58.3 Å². The van der Waals surface area contributed by atoms with E-state index in [0.29, 0.717) is 30.8 Å². The summed E-state index contributed by atoms with van der Waals surface area (Å²) in [6.07, 6.45) is 4.39. The number of H-pyrrole nitrogens is 1. The Morgan fingerprint density at radius 3 is 2.56 bits per heavy atom. The fourth-order valence-electron chi connectivity index (χ4n) is 5.78. The van der Waals surface area contributed by atoms with Gasteiger partial charge in [-0.3, -0.25) is 14.4 Å². The number of carbonyl (C=O) groups is 1. The maximum absolute atomic E-state index is 15.2. The number of aromatic amines is 1. The standard InChI is InChI=1S/C33H34FN5O3S/c1-2-38-21-27(33(41)42)32(40)26-17-28(34)31(18-30(26)38)39-15-13-37(14-16-39)20-22-7-9-24(10-8-22)43-36-12-11-23-19-35-29-6-4-3-5-25(23)29/h3-10,17-19,21,35-36H,2,11-16,20H2,1H3,(H,41,42). The van der Waals surface area contributed by atoms with Crippen molar-refractivity contribution >= 4 is 45.4 Å². The third-order valence-electron chi connectivity index (χ3n) is 8.12. The summed E-state index contributed by atoms with van der Waals surface area (Å²) < 4.78 is 20.4. The van der Waals surface area contributed by atoms with Crippen LogP contribution in [-0.2, 0) is 19.5 Å². The predicted octanol–water partition coefficient (Wildman–Crippen LogP) is 5.50. The third kappa shape index (κ3) is 6.17. The van der Waals surface area contributed by atoms with E-state index >= 15 is 4.39 Å². The van der Waals surface area contributed by atoms with E-state index in [-0.39, 0.29) is 10.9 Å². The van der Waals surface area contributed by atoms with Gasteiger partial charge in [-0.15, -0.1) is 0 Å². The van der Waals surface area contributed by atoms with E-state index < -0.39 is 17.2 Å². The maximum Gasteiger partial charge on any atom is 0.341 e. The molecule has 0 spiro atoms. The predicted molar refractivity (Wildman–Crippen MR) is 171 cm³/mol. The molecule has 0 aliphatic carbocycles. The number of carboxylic acids is 1. The number of aromatic carboxylic acids is 1. The van der Waals surface area contributed by atoms with Gasteiger partial charge in [-0.05, 0) is 66.8 Å². The Hall–Kier alpha value is -4.12. The zero-order valence-electron chi connectivity index (χ0n) is 24.0. The summed E-state index contributed by atoms with van der Waals surface area (Å²) in [5.74, 6) is -1.82. The molecule has 0 radical (unpaired) electrons. The van der Waals surface area contributed by atoms with Gasteiger partial charge in [0.1, 0.15) is 11.4 Å². The molecule has 43 heavy (non-hydrogen) atoms. The topological polar surface area (TPSA) is 93.6 Å². The van der Waals surface area contributed by atoms with Crippen LogP contribution in [0, 0.1) is 5.82 Å². The van der Waals surface area contributed by atoms with Gasteiger partial charge in [0.25, 0.3) is 0 Å². The number of pyridine rings is 1. The number of anilines is 1.